The van der Waals surface area contributed by atoms with Crippen molar-refractivity contribution in [2.24, 2.45) is 5.10 Å². The summed E-state index contributed by atoms with van der Waals surface area (Å²) < 4.78 is 16.4. The van der Waals surface area contributed by atoms with E-state index in [0.29, 0.717) is 23.2 Å². The minimum atomic E-state index is 0.518. The maximum absolute atomic E-state index is 5.70. The molecule has 0 atom stereocenters. The molecule has 1 fully saturated rings. The first kappa shape index (κ1) is 20.4. The molecular weight excluding hydrogens is 352 g/mol. The van der Waals surface area contributed by atoms with Crippen LogP contribution in [0.3, 0.4) is 0 Å². The fraction of sp³-hybridized carbons (Fsp3) is 0.556. The number of benzene rings is 1. The second kappa shape index (κ2) is 11.7. The lowest BCUT2D eigenvalue weighted by Crippen LogP contribution is -3.14. The zero-order valence-electron chi connectivity index (χ0n) is 15.5. The van der Waals surface area contributed by atoms with Gasteiger partial charge in [0.15, 0.2) is 16.6 Å². The van der Waals surface area contributed by atoms with Gasteiger partial charge in [-0.1, -0.05) is 6.92 Å². The highest BCUT2D eigenvalue weighted by Gasteiger charge is 2.12. The molecule has 0 spiro atoms. The molecule has 0 bridgehead atoms. The van der Waals surface area contributed by atoms with E-state index in [0.717, 1.165) is 51.4 Å². The number of hydrazone groups is 1. The van der Waals surface area contributed by atoms with Crippen molar-refractivity contribution < 1.29 is 19.1 Å². The van der Waals surface area contributed by atoms with E-state index in [2.05, 4.69) is 22.8 Å². The van der Waals surface area contributed by atoms with E-state index >= 15 is 0 Å². The monoisotopic (exact) mass is 381 g/mol. The number of nitrogens with one attached hydrogen (secondary N) is 3. The van der Waals surface area contributed by atoms with Crippen LogP contribution >= 0.6 is 12.2 Å². The largest absolute Gasteiger partial charge is 0.493 e. The minimum absolute atomic E-state index is 0.518. The molecule has 1 saturated heterocycles. The molecule has 1 aliphatic rings. The second-order valence-corrected chi connectivity index (χ2v) is 6.41. The van der Waals surface area contributed by atoms with E-state index in [4.69, 9.17) is 26.4 Å². The zero-order chi connectivity index (χ0) is 18.6. The second-order valence-electron chi connectivity index (χ2n) is 6.00. The van der Waals surface area contributed by atoms with E-state index in [1.807, 2.05) is 18.2 Å². The molecule has 1 aromatic rings. The lowest BCUT2D eigenvalue weighted by Gasteiger charge is -2.23. The molecule has 0 aliphatic carbocycles. The highest BCUT2D eigenvalue weighted by Crippen LogP contribution is 2.27. The van der Waals surface area contributed by atoms with Crippen LogP contribution in [0.25, 0.3) is 0 Å². The number of morpholine rings is 1. The van der Waals surface area contributed by atoms with Crippen LogP contribution in [0.1, 0.15) is 18.9 Å². The van der Waals surface area contributed by atoms with Crippen LogP contribution < -0.4 is 25.1 Å². The first-order valence-electron chi connectivity index (χ1n) is 9.02. The summed E-state index contributed by atoms with van der Waals surface area (Å²) in [5.74, 6) is 1.43. The SMILES string of the molecule is CCCOc1cc(/C=N\NC(=S)NCC[NH+]2CCOCC2)ccc1OC. The van der Waals surface area contributed by atoms with Gasteiger partial charge in [0.2, 0.25) is 0 Å². The lowest BCUT2D eigenvalue weighted by molar-refractivity contribution is -0.906. The summed E-state index contributed by atoms with van der Waals surface area (Å²) in [7, 11) is 1.63. The molecule has 1 aromatic carbocycles. The van der Waals surface area contributed by atoms with Crippen molar-refractivity contribution in [3.63, 3.8) is 0 Å². The quantitative estimate of drug-likeness (QED) is 0.323. The molecule has 7 nitrogen and oxygen atoms in total. The molecule has 1 heterocycles. The summed E-state index contributed by atoms with van der Waals surface area (Å²) in [4.78, 5) is 1.54. The van der Waals surface area contributed by atoms with Gasteiger partial charge in [-0.15, -0.1) is 0 Å². The van der Waals surface area contributed by atoms with E-state index in [9.17, 15) is 0 Å². The van der Waals surface area contributed by atoms with Gasteiger partial charge >= 0.3 is 0 Å². The highest BCUT2D eigenvalue weighted by molar-refractivity contribution is 7.80. The molecule has 26 heavy (non-hydrogen) atoms. The number of quaternary nitrogens is 1. The first-order chi connectivity index (χ1) is 12.7. The molecule has 0 amide bonds. The molecule has 0 saturated carbocycles. The topological polar surface area (TPSA) is 68.5 Å². The fourth-order valence-electron chi connectivity index (χ4n) is 2.57. The minimum Gasteiger partial charge on any atom is -0.493 e. The molecule has 0 radical (unpaired) electrons. The van der Waals surface area contributed by atoms with Gasteiger partial charge in [0.05, 0.1) is 46.2 Å². The van der Waals surface area contributed by atoms with Gasteiger partial charge in [-0.2, -0.15) is 5.10 Å². The van der Waals surface area contributed by atoms with E-state index in [-0.39, 0.29) is 0 Å². The van der Waals surface area contributed by atoms with Gasteiger partial charge in [-0.05, 0) is 42.4 Å². The number of nitrogens with zero attached hydrogens (tertiary/aromatic N) is 1. The molecule has 144 valence electrons. The van der Waals surface area contributed by atoms with Crippen LogP contribution in [0.15, 0.2) is 23.3 Å². The van der Waals surface area contributed by atoms with Gasteiger partial charge < -0.3 is 24.4 Å². The van der Waals surface area contributed by atoms with Crippen molar-refractivity contribution in [2.45, 2.75) is 13.3 Å². The summed E-state index contributed by atoms with van der Waals surface area (Å²) in [6, 6.07) is 5.69. The Hall–Kier alpha value is -1.90. The van der Waals surface area contributed by atoms with E-state index < -0.39 is 0 Å². The van der Waals surface area contributed by atoms with Crippen LogP contribution in [0.2, 0.25) is 0 Å². The van der Waals surface area contributed by atoms with Crippen molar-refractivity contribution in [2.75, 3.05) is 53.1 Å². The van der Waals surface area contributed by atoms with Crippen molar-refractivity contribution >= 4 is 23.5 Å². The number of hydrogen-bond donors (Lipinski definition) is 3. The third kappa shape index (κ3) is 7.15. The van der Waals surface area contributed by atoms with Crippen LogP contribution in [-0.2, 0) is 4.74 Å². The van der Waals surface area contributed by atoms with E-state index in [1.54, 1.807) is 13.3 Å². The van der Waals surface area contributed by atoms with Crippen molar-refractivity contribution in [3.05, 3.63) is 23.8 Å². The van der Waals surface area contributed by atoms with Crippen LogP contribution in [0.4, 0.5) is 0 Å². The summed E-state index contributed by atoms with van der Waals surface area (Å²) in [5, 5.41) is 7.87. The Labute approximate surface area is 160 Å². The third-order valence-corrected chi connectivity index (χ3v) is 4.23. The predicted octanol–water partition coefficient (Wildman–Crippen LogP) is 0.197. The van der Waals surface area contributed by atoms with Crippen molar-refractivity contribution in [1.29, 1.82) is 0 Å². The average Bonchev–Trinajstić information content (AvgIpc) is 2.67. The Kier molecular flexibility index (Phi) is 9.16. The Bertz CT molecular complexity index is 592. The summed E-state index contributed by atoms with van der Waals surface area (Å²) in [6.45, 7) is 8.34. The number of methoxy groups -OCH3 is 1. The number of ether oxygens (including phenoxy) is 3. The maximum atomic E-state index is 5.70. The number of thiocarbonyl (C=S) groups is 1. The number of hydrogen-bond acceptors (Lipinski definition) is 5. The van der Waals surface area contributed by atoms with Gasteiger partial charge in [0.25, 0.3) is 0 Å². The Morgan fingerprint density at radius 3 is 2.88 bits per heavy atom. The maximum Gasteiger partial charge on any atom is 0.187 e. The molecule has 8 heteroatoms. The summed E-state index contributed by atoms with van der Waals surface area (Å²) in [6.07, 6.45) is 2.65. The van der Waals surface area contributed by atoms with Crippen molar-refractivity contribution in [1.82, 2.24) is 10.7 Å². The smallest absolute Gasteiger partial charge is 0.187 e. The molecule has 2 rings (SSSR count). The van der Waals surface area contributed by atoms with Gasteiger partial charge in [0, 0.05) is 0 Å². The normalized spacial score (nSPS) is 15.0. The molecule has 0 aromatic heterocycles. The van der Waals surface area contributed by atoms with Crippen LogP contribution in [0, 0.1) is 0 Å². The van der Waals surface area contributed by atoms with Gasteiger partial charge in [-0.25, -0.2) is 0 Å². The molecule has 1 aliphatic heterocycles. The van der Waals surface area contributed by atoms with E-state index in [1.165, 1.54) is 4.90 Å². The molecular formula is C18H29N4O3S+. The Morgan fingerprint density at radius 1 is 1.35 bits per heavy atom. The first-order valence-corrected chi connectivity index (χ1v) is 9.42. The van der Waals surface area contributed by atoms with Crippen LogP contribution in [-0.4, -0.2) is 64.4 Å². The Morgan fingerprint density at radius 2 is 2.15 bits per heavy atom. The Balaban J connectivity index is 1.75. The zero-order valence-corrected chi connectivity index (χ0v) is 16.4. The number of rotatable bonds is 9. The standard InChI is InChI=1S/C18H28N4O3S/c1-3-10-25-17-13-15(4-5-16(17)23-2)14-20-21-18(26)19-6-7-22-8-11-24-12-9-22/h4-5,13-14H,3,6-12H2,1-2H3,(H2,19,21,26)/p+1/b20-14-. The average molecular weight is 382 g/mol. The fourth-order valence-corrected chi connectivity index (χ4v) is 2.72. The van der Waals surface area contributed by atoms with Crippen LogP contribution in [0.5, 0.6) is 11.5 Å². The van der Waals surface area contributed by atoms with Gasteiger partial charge in [0.1, 0.15) is 13.1 Å². The summed E-state index contributed by atoms with van der Waals surface area (Å²) in [5.41, 5.74) is 3.75. The summed E-state index contributed by atoms with van der Waals surface area (Å²) >= 11 is 5.24. The van der Waals surface area contributed by atoms with Crippen molar-refractivity contribution in [3.8, 4) is 11.5 Å². The lowest BCUT2D eigenvalue weighted by atomic mass is 10.2. The molecule has 3 N–H and O–H groups in total. The predicted molar refractivity (Wildman–Crippen MR) is 106 cm³/mol. The molecule has 0 unspecified atom stereocenters. The van der Waals surface area contributed by atoms with Gasteiger partial charge in [-0.3, -0.25) is 5.43 Å². The third-order valence-electron chi connectivity index (χ3n) is 3.99. The highest BCUT2D eigenvalue weighted by atomic mass is 32.1.